The lowest BCUT2D eigenvalue weighted by atomic mass is 10.1. The van der Waals surface area contributed by atoms with Gasteiger partial charge in [0.25, 0.3) is 5.91 Å². The standard InChI is InChI=1S/C26H29N5O3/c32-24(29-15-17-34-18-16-29)20-28-11-13-30(14-12-28)26(33)23-19-31(22-9-5-2-6-10-22)27-25(23)21-7-3-1-4-8-21/h1-10,19H,11-18,20H2. The third-order valence-electron chi connectivity index (χ3n) is 6.39. The van der Waals surface area contributed by atoms with Gasteiger partial charge < -0.3 is 14.5 Å². The van der Waals surface area contributed by atoms with Gasteiger partial charge in [-0.3, -0.25) is 14.5 Å². The summed E-state index contributed by atoms with van der Waals surface area (Å²) in [6.45, 7) is 5.44. The summed E-state index contributed by atoms with van der Waals surface area (Å²) in [6, 6.07) is 19.6. The highest BCUT2D eigenvalue weighted by molar-refractivity contribution is 6.00. The molecule has 0 unspecified atom stereocenters. The Morgan fingerprint density at radius 2 is 1.44 bits per heavy atom. The summed E-state index contributed by atoms with van der Waals surface area (Å²) < 4.78 is 7.11. The minimum Gasteiger partial charge on any atom is -0.378 e. The fourth-order valence-electron chi connectivity index (χ4n) is 4.44. The van der Waals surface area contributed by atoms with Crippen LogP contribution in [-0.2, 0) is 9.53 Å². The zero-order valence-corrected chi connectivity index (χ0v) is 19.2. The van der Waals surface area contributed by atoms with Crippen LogP contribution >= 0.6 is 0 Å². The quantitative estimate of drug-likeness (QED) is 0.585. The number of aromatic nitrogens is 2. The maximum Gasteiger partial charge on any atom is 0.257 e. The number of hydrogen-bond acceptors (Lipinski definition) is 5. The highest BCUT2D eigenvalue weighted by Crippen LogP contribution is 2.25. The molecule has 8 nitrogen and oxygen atoms in total. The van der Waals surface area contributed by atoms with Crippen molar-refractivity contribution in [3.05, 3.63) is 72.4 Å². The van der Waals surface area contributed by atoms with Gasteiger partial charge in [0, 0.05) is 51.0 Å². The summed E-state index contributed by atoms with van der Waals surface area (Å²) in [5, 5.41) is 4.77. The number of piperazine rings is 1. The second kappa shape index (κ2) is 10.2. The van der Waals surface area contributed by atoms with Crippen molar-refractivity contribution in [1.29, 1.82) is 0 Å². The second-order valence-corrected chi connectivity index (χ2v) is 8.60. The molecular formula is C26H29N5O3. The molecule has 0 radical (unpaired) electrons. The summed E-state index contributed by atoms with van der Waals surface area (Å²) in [5.41, 5.74) is 3.09. The van der Waals surface area contributed by atoms with Gasteiger partial charge in [-0.25, -0.2) is 4.68 Å². The van der Waals surface area contributed by atoms with Crippen LogP contribution < -0.4 is 0 Å². The number of amides is 2. The number of benzene rings is 2. The smallest absolute Gasteiger partial charge is 0.257 e. The van der Waals surface area contributed by atoms with Crippen LogP contribution in [0.5, 0.6) is 0 Å². The molecule has 0 bridgehead atoms. The first kappa shape index (κ1) is 22.3. The third kappa shape index (κ3) is 4.88. The summed E-state index contributed by atoms with van der Waals surface area (Å²) in [5.74, 6) is 0.110. The number of carbonyl (C=O) groups is 2. The van der Waals surface area contributed by atoms with Crippen molar-refractivity contribution in [2.75, 3.05) is 59.0 Å². The lowest BCUT2D eigenvalue weighted by Gasteiger charge is -2.36. The van der Waals surface area contributed by atoms with Crippen molar-refractivity contribution in [1.82, 2.24) is 24.5 Å². The molecule has 8 heteroatoms. The zero-order valence-electron chi connectivity index (χ0n) is 19.2. The molecule has 176 valence electrons. The van der Waals surface area contributed by atoms with E-state index in [1.807, 2.05) is 76.7 Å². The van der Waals surface area contributed by atoms with Crippen LogP contribution in [-0.4, -0.2) is 95.3 Å². The number of carbonyl (C=O) groups excluding carboxylic acids is 2. The molecule has 0 spiro atoms. The predicted octanol–water partition coefficient (Wildman–Crippen LogP) is 2.16. The van der Waals surface area contributed by atoms with Crippen molar-refractivity contribution in [2.24, 2.45) is 0 Å². The Hall–Kier alpha value is -3.49. The van der Waals surface area contributed by atoms with Gasteiger partial charge >= 0.3 is 0 Å². The first-order valence-corrected chi connectivity index (χ1v) is 11.8. The van der Waals surface area contributed by atoms with Gasteiger partial charge in [0.1, 0.15) is 5.69 Å². The zero-order chi connectivity index (χ0) is 23.3. The Balaban J connectivity index is 1.30. The number of para-hydroxylation sites is 1. The Morgan fingerprint density at radius 1 is 0.794 bits per heavy atom. The molecule has 0 N–H and O–H groups in total. The minimum atomic E-state index is -0.0276. The van der Waals surface area contributed by atoms with E-state index in [1.54, 1.807) is 4.68 Å². The van der Waals surface area contributed by atoms with Crippen molar-refractivity contribution < 1.29 is 14.3 Å². The van der Waals surface area contributed by atoms with Gasteiger partial charge in [0.2, 0.25) is 5.91 Å². The van der Waals surface area contributed by atoms with Gasteiger partial charge in [-0.1, -0.05) is 48.5 Å². The molecule has 0 atom stereocenters. The molecule has 2 aliphatic heterocycles. The van der Waals surface area contributed by atoms with Crippen LogP contribution in [0.4, 0.5) is 0 Å². The number of hydrogen-bond donors (Lipinski definition) is 0. The molecule has 2 aromatic carbocycles. The van der Waals surface area contributed by atoms with E-state index in [-0.39, 0.29) is 11.8 Å². The molecule has 2 saturated heterocycles. The first-order chi connectivity index (χ1) is 16.7. The molecule has 3 aromatic rings. The molecular weight excluding hydrogens is 430 g/mol. The van der Waals surface area contributed by atoms with E-state index in [9.17, 15) is 9.59 Å². The maximum atomic E-state index is 13.6. The average Bonchev–Trinajstić information content (AvgIpc) is 3.36. The highest BCUT2D eigenvalue weighted by Gasteiger charge is 2.28. The number of rotatable bonds is 5. The highest BCUT2D eigenvalue weighted by atomic mass is 16.5. The third-order valence-corrected chi connectivity index (χ3v) is 6.39. The predicted molar refractivity (Wildman–Crippen MR) is 129 cm³/mol. The summed E-state index contributed by atoms with van der Waals surface area (Å²) in [4.78, 5) is 32.0. The minimum absolute atomic E-state index is 0.0276. The Morgan fingerprint density at radius 3 is 2.12 bits per heavy atom. The van der Waals surface area contributed by atoms with Gasteiger partial charge in [-0.2, -0.15) is 5.10 Å². The van der Waals surface area contributed by atoms with E-state index < -0.39 is 0 Å². The molecule has 0 saturated carbocycles. The van der Waals surface area contributed by atoms with E-state index in [4.69, 9.17) is 9.84 Å². The van der Waals surface area contributed by atoms with Crippen molar-refractivity contribution in [3.8, 4) is 16.9 Å². The van der Waals surface area contributed by atoms with Crippen LogP contribution in [0.15, 0.2) is 66.9 Å². The summed E-state index contributed by atoms with van der Waals surface area (Å²) in [6.07, 6.45) is 1.83. The van der Waals surface area contributed by atoms with Crippen LogP contribution in [0.25, 0.3) is 16.9 Å². The molecule has 34 heavy (non-hydrogen) atoms. The van der Waals surface area contributed by atoms with Gasteiger partial charge in [0.15, 0.2) is 0 Å². The largest absolute Gasteiger partial charge is 0.378 e. The van der Waals surface area contributed by atoms with Crippen LogP contribution in [0.2, 0.25) is 0 Å². The van der Waals surface area contributed by atoms with Crippen molar-refractivity contribution in [2.45, 2.75) is 0 Å². The molecule has 2 aliphatic rings. The molecule has 2 amide bonds. The van der Waals surface area contributed by atoms with Gasteiger partial charge in [0.05, 0.1) is 31.0 Å². The van der Waals surface area contributed by atoms with Gasteiger partial charge in [-0.05, 0) is 12.1 Å². The molecule has 2 fully saturated rings. The Kier molecular flexibility index (Phi) is 6.69. The maximum absolute atomic E-state index is 13.6. The van der Waals surface area contributed by atoms with Crippen LogP contribution in [0.3, 0.4) is 0 Å². The number of nitrogens with zero attached hydrogens (tertiary/aromatic N) is 5. The van der Waals surface area contributed by atoms with E-state index in [0.717, 1.165) is 11.3 Å². The van der Waals surface area contributed by atoms with E-state index >= 15 is 0 Å². The van der Waals surface area contributed by atoms with Gasteiger partial charge in [-0.15, -0.1) is 0 Å². The van der Waals surface area contributed by atoms with E-state index in [0.29, 0.717) is 70.3 Å². The molecule has 3 heterocycles. The van der Waals surface area contributed by atoms with Crippen molar-refractivity contribution in [3.63, 3.8) is 0 Å². The monoisotopic (exact) mass is 459 g/mol. The topological polar surface area (TPSA) is 70.9 Å². The molecule has 5 rings (SSSR count). The van der Waals surface area contributed by atoms with E-state index in [1.165, 1.54) is 0 Å². The molecule has 1 aromatic heterocycles. The first-order valence-electron chi connectivity index (χ1n) is 11.8. The van der Waals surface area contributed by atoms with Crippen molar-refractivity contribution >= 4 is 11.8 Å². The van der Waals surface area contributed by atoms with E-state index in [2.05, 4.69) is 4.90 Å². The fourth-order valence-corrected chi connectivity index (χ4v) is 4.44. The van der Waals surface area contributed by atoms with Crippen LogP contribution in [0.1, 0.15) is 10.4 Å². The normalized spacial score (nSPS) is 17.1. The Bertz CT molecular complexity index is 1120. The SMILES string of the molecule is O=C(CN1CCN(C(=O)c2cn(-c3ccccc3)nc2-c2ccccc2)CC1)N1CCOCC1. The summed E-state index contributed by atoms with van der Waals surface area (Å²) >= 11 is 0. The Labute approximate surface area is 199 Å². The number of ether oxygens (including phenoxy) is 1. The number of morpholine rings is 1. The average molecular weight is 460 g/mol. The fraction of sp³-hybridized carbons (Fsp3) is 0.346. The van der Waals surface area contributed by atoms with Crippen LogP contribution in [0, 0.1) is 0 Å². The molecule has 0 aliphatic carbocycles. The summed E-state index contributed by atoms with van der Waals surface area (Å²) in [7, 11) is 0. The lowest BCUT2D eigenvalue weighted by Crippen LogP contribution is -2.52. The lowest BCUT2D eigenvalue weighted by molar-refractivity contribution is -0.136. The second-order valence-electron chi connectivity index (χ2n) is 8.60.